The van der Waals surface area contributed by atoms with Crippen LogP contribution in [0.5, 0.6) is 5.75 Å². The number of aliphatic imine (C=N–C) groups is 1. The highest BCUT2D eigenvalue weighted by Gasteiger charge is 2.50. The Morgan fingerprint density at radius 3 is 2.63 bits per heavy atom. The fourth-order valence-corrected chi connectivity index (χ4v) is 5.91. The first-order chi connectivity index (χ1) is 17.9. The number of nitrogens with two attached hydrogens (primary N) is 1. The molecule has 2 fully saturated rings. The zero-order chi connectivity index (χ0) is 27.9. The number of nitrogens with one attached hydrogen (secondary N) is 2. The number of aliphatic hydroxyl groups excluding tert-OH is 1. The molecule has 0 amide bonds. The SMILES string of the molecule is CC(NP(=O)(OCC1OC(N=CCC(=N)N)C(C)(C)C1O)Oc1ccc(Cl)cc1)C(=O)OC1CCCCC1. The summed E-state index contributed by atoms with van der Waals surface area (Å²) in [5.74, 6) is -0.399. The Bertz CT molecular complexity index is 1030. The van der Waals surface area contributed by atoms with E-state index >= 15 is 0 Å². The number of carbonyl (C=O) groups is 1. The summed E-state index contributed by atoms with van der Waals surface area (Å²) in [7, 11) is -4.16. The van der Waals surface area contributed by atoms with Gasteiger partial charge in [0.05, 0.1) is 18.5 Å². The van der Waals surface area contributed by atoms with E-state index in [0.717, 1.165) is 32.1 Å². The Hall–Kier alpha value is -2.01. The van der Waals surface area contributed by atoms with E-state index in [0.29, 0.717) is 5.02 Å². The van der Waals surface area contributed by atoms with Crippen molar-refractivity contribution in [2.45, 2.75) is 89.9 Å². The molecule has 1 heterocycles. The molecule has 13 heteroatoms. The minimum atomic E-state index is -4.16. The van der Waals surface area contributed by atoms with Gasteiger partial charge >= 0.3 is 13.7 Å². The fraction of sp³-hybridized carbons (Fsp3) is 0.640. The number of aliphatic hydroxyl groups is 1. The molecule has 5 unspecified atom stereocenters. The molecule has 1 aliphatic carbocycles. The van der Waals surface area contributed by atoms with Crippen LogP contribution in [0, 0.1) is 10.8 Å². The zero-order valence-corrected chi connectivity index (χ0v) is 23.6. The van der Waals surface area contributed by atoms with Gasteiger partial charge in [-0.2, -0.15) is 5.09 Å². The molecule has 3 rings (SSSR count). The van der Waals surface area contributed by atoms with Crippen LogP contribution in [-0.4, -0.2) is 60.3 Å². The number of carbonyl (C=O) groups excluding carboxylic acids is 1. The zero-order valence-electron chi connectivity index (χ0n) is 22.0. The van der Waals surface area contributed by atoms with E-state index < -0.39 is 43.6 Å². The van der Waals surface area contributed by atoms with Crippen molar-refractivity contribution < 1.29 is 33.0 Å². The molecule has 212 valence electrons. The van der Waals surface area contributed by atoms with Crippen LogP contribution in [0.4, 0.5) is 0 Å². The largest absolute Gasteiger partial charge is 0.461 e. The minimum Gasteiger partial charge on any atom is -0.461 e. The van der Waals surface area contributed by atoms with Gasteiger partial charge in [0.25, 0.3) is 0 Å². The Labute approximate surface area is 228 Å². The molecule has 1 saturated heterocycles. The average Bonchev–Trinajstić information content (AvgIpc) is 3.07. The Kier molecular flexibility index (Phi) is 10.7. The molecular weight excluding hydrogens is 535 g/mol. The quantitative estimate of drug-likeness (QED) is 0.124. The number of ether oxygens (including phenoxy) is 2. The number of esters is 1. The summed E-state index contributed by atoms with van der Waals surface area (Å²) < 4.78 is 36.7. The molecule has 1 saturated carbocycles. The summed E-state index contributed by atoms with van der Waals surface area (Å²) in [4.78, 5) is 17.0. The van der Waals surface area contributed by atoms with E-state index in [1.165, 1.54) is 25.3 Å². The van der Waals surface area contributed by atoms with Gasteiger partial charge in [0.2, 0.25) is 0 Å². The summed E-state index contributed by atoms with van der Waals surface area (Å²) in [6.07, 6.45) is 3.53. The van der Waals surface area contributed by atoms with Crippen molar-refractivity contribution in [3.8, 4) is 5.75 Å². The van der Waals surface area contributed by atoms with Crippen LogP contribution < -0.4 is 15.3 Å². The number of rotatable bonds is 12. The van der Waals surface area contributed by atoms with Crippen LogP contribution in [-0.2, 0) is 23.4 Å². The lowest BCUT2D eigenvalue weighted by molar-refractivity contribution is -0.152. The Morgan fingerprint density at radius 2 is 2.00 bits per heavy atom. The third kappa shape index (κ3) is 8.49. The van der Waals surface area contributed by atoms with Gasteiger partial charge in [-0.1, -0.05) is 31.9 Å². The predicted molar refractivity (Wildman–Crippen MR) is 145 cm³/mol. The lowest BCUT2D eigenvalue weighted by atomic mass is 9.85. The van der Waals surface area contributed by atoms with Crippen LogP contribution >= 0.6 is 19.3 Å². The van der Waals surface area contributed by atoms with E-state index in [2.05, 4.69) is 10.1 Å². The van der Waals surface area contributed by atoms with Gasteiger partial charge in [0.15, 0.2) is 6.23 Å². The smallest absolute Gasteiger partial charge is 0.459 e. The summed E-state index contributed by atoms with van der Waals surface area (Å²) in [5.41, 5.74) is 4.57. The van der Waals surface area contributed by atoms with Gasteiger partial charge in [0.1, 0.15) is 24.0 Å². The lowest BCUT2D eigenvalue weighted by Gasteiger charge is -2.27. The van der Waals surface area contributed by atoms with Gasteiger partial charge in [-0.05, 0) is 56.9 Å². The summed E-state index contributed by atoms with van der Waals surface area (Å²) in [6.45, 7) is 4.76. The van der Waals surface area contributed by atoms with Crippen molar-refractivity contribution in [2.24, 2.45) is 16.1 Å². The topological polar surface area (TPSA) is 166 Å². The molecule has 0 radical (unpaired) electrons. The van der Waals surface area contributed by atoms with Crippen LogP contribution in [0.25, 0.3) is 0 Å². The Morgan fingerprint density at radius 1 is 1.34 bits per heavy atom. The van der Waals surface area contributed by atoms with Crippen LogP contribution in [0.3, 0.4) is 0 Å². The van der Waals surface area contributed by atoms with Gasteiger partial charge in [-0.3, -0.25) is 19.7 Å². The molecule has 1 aromatic carbocycles. The van der Waals surface area contributed by atoms with Crippen LogP contribution in [0.1, 0.15) is 59.3 Å². The summed E-state index contributed by atoms with van der Waals surface area (Å²) >= 11 is 5.95. The molecule has 0 aromatic heterocycles. The number of benzene rings is 1. The Balaban J connectivity index is 1.70. The van der Waals surface area contributed by atoms with E-state index in [9.17, 15) is 14.5 Å². The van der Waals surface area contributed by atoms with E-state index in [1.54, 1.807) is 26.0 Å². The molecule has 5 N–H and O–H groups in total. The maximum atomic E-state index is 13.8. The van der Waals surface area contributed by atoms with Gasteiger partial charge in [-0.25, -0.2) is 4.57 Å². The molecule has 0 spiro atoms. The molecule has 11 nitrogen and oxygen atoms in total. The molecular formula is C25H38ClN4O7P. The highest BCUT2D eigenvalue weighted by atomic mass is 35.5. The molecule has 0 bridgehead atoms. The van der Waals surface area contributed by atoms with E-state index in [4.69, 9.17) is 41.3 Å². The van der Waals surface area contributed by atoms with E-state index in [1.807, 2.05) is 0 Å². The first-order valence-electron chi connectivity index (χ1n) is 12.8. The second kappa shape index (κ2) is 13.4. The maximum Gasteiger partial charge on any atom is 0.459 e. The highest BCUT2D eigenvalue weighted by Crippen LogP contribution is 2.47. The first-order valence-corrected chi connectivity index (χ1v) is 14.7. The standard InChI is InChI=1S/C25H38ClN4O7P/c1-16(23(32)35-18-7-5-4-6-8-18)30-38(33,37-19-11-9-17(26)10-12-19)34-15-20-22(31)25(2,3)24(36-20)29-14-13-21(27)28/h9-12,14,16,18,20,22,24,31H,4-8,13,15H2,1-3H3,(H3,27,28)(H,30,33). The second-order valence-electron chi connectivity index (χ2n) is 10.2. The number of halogens is 1. The third-order valence-corrected chi connectivity index (χ3v) is 8.49. The van der Waals surface area contributed by atoms with Crippen molar-refractivity contribution in [1.29, 1.82) is 5.41 Å². The van der Waals surface area contributed by atoms with Gasteiger partial charge in [0, 0.05) is 23.1 Å². The van der Waals surface area contributed by atoms with E-state index in [-0.39, 0.29) is 30.7 Å². The summed E-state index contributed by atoms with van der Waals surface area (Å²) in [6, 6.07) is 5.18. The third-order valence-electron chi connectivity index (χ3n) is 6.59. The molecule has 5 atom stereocenters. The van der Waals surface area contributed by atoms with Crippen molar-refractivity contribution >= 4 is 37.4 Å². The van der Waals surface area contributed by atoms with Crippen molar-refractivity contribution in [1.82, 2.24) is 5.09 Å². The molecule has 2 aliphatic rings. The van der Waals surface area contributed by atoms with Gasteiger partial charge in [-0.15, -0.1) is 0 Å². The van der Waals surface area contributed by atoms with Crippen molar-refractivity contribution in [3.63, 3.8) is 0 Å². The van der Waals surface area contributed by atoms with Crippen molar-refractivity contribution in [3.05, 3.63) is 29.3 Å². The normalized spacial score (nSPS) is 26.1. The average molecular weight is 573 g/mol. The molecule has 1 aliphatic heterocycles. The monoisotopic (exact) mass is 572 g/mol. The fourth-order valence-electron chi connectivity index (χ4n) is 4.28. The second-order valence-corrected chi connectivity index (χ2v) is 12.4. The highest BCUT2D eigenvalue weighted by molar-refractivity contribution is 7.52. The minimum absolute atomic E-state index is 0.0486. The van der Waals surface area contributed by atoms with Crippen molar-refractivity contribution in [2.75, 3.05) is 6.61 Å². The lowest BCUT2D eigenvalue weighted by Crippen LogP contribution is -2.39. The summed E-state index contributed by atoms with van der Waals surface area (Å²) in [5, 5.41) is 21.3. The number of amidine groups is 1. The molecule has 38 heavy (non-hydrogen) atoms. The maximum absolute atomic E-state index is 13.8. The van der Waals surface area contributed by atoms with Gasteiger partial charge < -0.3 is 24.8 Å². The van der Waals surface area contributed by atoms with Crippen LogP contribution in [0.2, 0.25) is 5.02 Å². The molecule has 1 aromatic rings. The van der Waals surface area contributed by atoms with Crippen LogP contribution in [0.15, 0.2) is 29.3 Å². The number of nitrogens with zero attached hydrogens (tertiary/aromatic N) is 1. The number of hydrogen-bond donors (Lipinski definition) is 4. The predicted octanol–water partition coefficient (Wildman–Crippen LogP) is 4.21. The first kappa shape index (κ1) is 30.5. The number of hydrogen-bond acceptors (Lipinski definition) is 9.